The normalized spacial score (nSPS) is 12.3. The lowest BCUT2D eigenvalue weighted by atomic mass is 10.1. The molecule has 1 aromatic carbocycles. The number of aromatic nitrogens is 5. The van der Waals surface area contributed by atoms with Crippen LogP contribution < -0.4 is 11.3 Å². The van der Waals surface area contributed by atoms with E-state index in [0.717, 1.165) is 17.1 Å². The number of hydrazine groups is 1. The molecule has 1 unspecified atom stereocenters. The molecule has 0 saturated heterocycles. The first-order valence-electron chi connectivity index (χ1n) is 6.50. The minimum Gasteiger partial charge on any atom is -0.270 e. The van der Waals surface area contributed by atoms with Crippen molar-refractivity contribution in [1.29, 1.82) is 0 Å². The number of benzene rings is 1. The molecule has 0 spiro atoms. The van der Waals surface area contributed by atoms with E-state index in [4.69, 9.17) is 5.84 Å². The Morgan fingerprint density at radius 2 is 1.90 bits per heavy atom. The molecule has 21 heavy (non-hydrogen) atoms. The second kappa shape index (κ2) is 5.78. The third-order valence-corrected chi connectivity index (χ3v) is 3.14. The number of nitrogens with zero attached hydrogens (tertiary/aromatic N) is 5. The van der Waals surface area contributed by atoms with E-state index in [-0.39, 0.29) is 6.04 Å². The molecule has 106 valence electrons. The fourth-order valence-electron chi connectivity index (χ4n) is 2.08. The highest BCUT2D eigenvalue weighted by atomic mass is 15.4. The van der Waals surface area contributed by atoms with Crippen LogP contribution >= 0.6 is 0 Å². The summed E-state index contributed by atoms with van der Waals surface area (Å²) in [7, 11) is 0. The van der Waals surface area contributed by atoms with Gasteiger partial charge in [-0.2, -0.15) is 0 Å². The maximum absolute atomic E-state index is 5.69. The van der Waals surface area contributed by atoms with Gasteiger partial charge in [0.05, 0.1) is 35.2 Å². The standard InChI is InChI=1S/C14H15N7/c1-10-7-17-12(8-16-10)14(19-15)13-9-18-20-21(13)11-5-3-2-4-6-11/h2-9,14,19H,15H2,1H3. The van der Waals surface area contributed by atoms with E-state index in [1.165, 1.54) is 0 Å². The Morgan fingerprint density at radius 1 is 1.10 bits per heavy atom. The summed E-state index contributed by atoms with van der Waals surface area (Å²) in [5, 5.41) is 8.10. The highest BCUT2D eigenvalue weighted by molar-refractivity contribution is 5.33. The molecule has 0 aliphatic rings. The van der Waals surface area contributed by atoms with Gasteiger partial charge in [-0.15, -0.1) is 5.10 Å². The zero-order valence-corrected chi connectivity index (χ0v) is 11.5. The fourth-order valence-corrected chi connectivity index (χ4v) is 2.08. The van der Waals surface area contributed by atoms with Crippen LogP contribution in [0.4, 0.5) is 0 Å². The molecule has 3 rings (SSSR count). The summed E-state index contributed by atoms with van der Waals surface area (Å²) in [4.78, 5) is 8.62. The molecular formula is C14H15N7. The SMILES string of the molecule is Cc1cnc(C(NN)c2cnnn2-c2ccccc2)cn1. The first-order valence-corrected chi connectivity index (χ1v) is 6.50. The summed E-state index contributed by atoms with van der Waals surface area (Å²) < 4.78 is 1.73. The van der Waals surface area contributed by atoms with Gasteiger partial charge in [0.1, 0.15) is 6.04 Å². The van der Waals surface area contributed by atoms with Crippen LogP contribution in [0.3, 0.4) is 0 Å². The molecule has 0 saturated carbocycles. The fraction of sp³-hybridized carbons (Fsp3) is 0.143. The van der Waals surface area contributed by atoms with Crippen molar-refractivity contribution in [3.63, 3.8) is 0 Å². The van der Waals surface area contributed by atoms with E-state index in [1.54, 1.807) is 23.3 Å². The lowest BCUT2D eigenvalue weighted by Gasteiger charge is -2.16. The Morgan fingerprint density at radius 3 is 2.57 bits per heavy atom. The van der Waals surface area contributed by atoms with E-state index < -0.39 is 0 Å². The third-order valence-electron chi connectivity index (χ3n) is 3.14. The number of nitrogens with two attached hydrogens (primary N) is 1. The molecule has 0 aliphatic heterocycles. The van der Waals surface area contributed by atoms with Gasteiger partial charge in [0.25, 0.3) is 0 Å². The topological polar surface area (TPSA) is 94.5 Å². The van der Waals surface area contributed by atoms with Crippen LogP contribution in [0.5, 0.6) is 0 Å². The Bertz CT molecular complexity index is 706. The van der Waals surface area contributed by atoms with Gasteiger partial charge in [-0.1, -0.05) is 23.4 Å². The van der Waals surface area contributed by atoms with Crippen molar-refractivity contribution >= 4 is 0 Å². The van der Waals surface area contributed by atoms with Gasteiger partial charge in [-0.25, -0.2) is 10.1 Å². The molecule has 0 aliphatic carbocycles. The van der Waals surface area contributed by atoms with Crippen molar-refractivity contribution in [1.82, 2.24) is 30.4 Å². The summed E-state index contributed by atoms with van der Waals surface area (Å²) in [5.74, 6) is 5.69. The highest BCUT2D eigenvalue weighted by Gasteiger charge is 2.20. The summed E-state index contributed by atoms with van der Waals surface area (Å²) in [6.45, 7) is 1.89. The number of para-hydroxylation sites is 1. The molecule has 2 heterocycles. The third kappa shape index (κ3) is 2.64. The second-order valence-corrected chi connectivity index (χ2v) is 4.59. The zero-order chi connectivity index (χ0) is 14.7. The second-order valence-electron chi connectivity index (χ2n) is 4.59. The van der Waals surface area contributed by atoms with Crippen molar-refractivity contribution < 1.29 is 0 Å². The van der Waals surface area contributed by atoms with Crippen LogP contribution in [0.2, 0.25) is 0 Å². The number of nitrogens with one attached hydrogen (secondary N) is 1. The Kier molecular flexibility index (Phi) is 3.67. The van der Waals surface area contributed by atoms with Gasteiger partial charge in [0.15, 0.2) is 0 Å². The smallest absolute Gasteiger partial charge is 0.108 e. The Hall–Kier alpha value is -2.64. The number of rotatable bonds is 4. The lowest BCUT2D eigenvalue weighted by molar-refractivity contribution is 0.579. The van der Waals surface area contributed by atoms with Crippen molar-refractivity contribution in [2.45, 2.75) is 13.0 Å². The Balaban J connectivity index is 2.03. The molecule has 2 aromatic heterocycles. The van der Waals surface area contributed by atoms with Crippen LogP contribution in [-0.4, -0.2) is 25.0 Å². The minimum absolute atomic E-state index is 0.340. The molecule has 0 amide bonds. The van der Waals surface area contributed by atoms with E-state index >= 15 is 0 Å². The van der Waals surface area contributed by atoms with Crippen molar-refractivity contribution in [3.05, 3.63) is 66.0 Å². The number of hydrogen-bond acceptors (Lipinski definition) is 6. The van der Waals surface area contributed by atoms with Crippen molar-refractivity contribution in [2.75, 3.05) is 0 Å². The highest BCUT2D eigenvalue weighted by Crippen LogP contribution is 2.20. The van der Waals surface area contributed by atoms with Gasteiger partial charge in [0, 0.05) is 6.20 Å². The number of hydrogen-bond donors (Lipinski definition) is 2. The molecule has 1 atom stereocenters. The first kappa shape index (κ1) is 13.3. The predicted octanol–water partition coefficient (Wildman–Crippen LogP) is 0.918. The van der Waals surface area contributed by atoms with Crippen LogP contribution in [0.15, 0.2) is 48.9 Å². The van der Waals surface area contributed by atoms with Gasteiger partial charge >= 0.3 is 0 Å². The molecule has 7 heteroatoms. The van der Waals surface area contributed by atoms with Crippen LogP contribution in [0.1, 0.15) is 23.1 Å². The quantitative estimate of drug-likeness (QED) is 0.545. The van der Waals surface area contributed by atoms with Crippen LogP contribution in [-0.2, 0) is 0 Å². The van der Waals surface area contributed by atoms with Crippen molar-refractivity contribution in [3.8, 4) is 5.69 Å². The van der Waals surface area contributed by atoms with E-state index in [0.29, 0.717) is 5.69 Å². The van der Waals surface area contributed by atoms with Gasteiger partial charge in [-0.05, 0) is 19.1 Å². The van der Waals surface area contributed by atoms with E-state index in [2.05, 4.69) is 25.7 Å². The molecule has 0 bridgehead atoms. The van der Waals surface area contributed by atoms with Gasteiger partial charge in [0.2, 0.25) is 0 Å². The monoisotopic (exact) mass is 281 g/mol. The predicted molar refractivity (Wildman–Crippen MR) is 77.3 cm³/mol. The molecule has 0 fully saturated rings. The van der Waals surface area contributed by atoms with E-state index in [9.17, 15) is 0 Å². The average molecular weight is 281 g/mol. The van der Waals surface area contributed by atoms with Gasteiger partial charge in [-0.3, -0.25) is 15.8 Å². The first-order chi connectivity index (χ1) is 10.3. The maximum atomic E-state index is 5.69. The molecule has 7 nitrogen and oxygen atoms in total. The van der Waals surface area contributed by atoms with Gasteiger partial charge < -0.3 is 0 Å². The van der Waals surface area contributed by atoms with E-state index in [1.807, 2.05) is 37.3 Å². The molecule has 3 aromatic rings. The van der Waals surface area contributed by atoms with Crippen LogP contribution in [0, 0.1) is 6.92 Å². The maximum Gasteiger partial charge on any atom is 0.108 e. The molecule has 0 radical (unpaired) electrons. The summed E-state index contributed by atoms with van der Waals surface area (Å²) in [6.07, 6.45) is 5.07. The summed E-state index contributed by atoms with van der Waals surface area (Å²) >= 11 is 0. The average Bonchev–Trinajstić information content (AvgIpc) is 3.00. The number of aryl methyl sites for hydroxylation is 1. The summed E-state index contributed by atoms with van der Waals surface area (Å²) in [5.41, 5.74) is 6.01. The molecule has 3 N–H and O–H groups in total. The zero-order valence-electron chi connectivity index (χ0n) is 11.5. The lowest BCUT2D eigenvalue weighted by Crippen LogP contribution is -2.31. The Labute approximate surface area is 121 Å². The molecular weight excluding hydrogens is 266 g/mol. The summed E-state index contributed by atoms with van der Waals surface area (Å²) in [6, 6.07) is 9.39. The van der Waals surface area contributed by atoms with Crippen LogP contribution in [0.25, 0.3) is 5.69 Å². The van der Waals surface area contributed by atoms with Crippen molar-refractivity contribution in [2.24, 2.45) is 5.84 Å². The largest absolute Gasteiger partial charge is 0.270 e. The minimum atomic E-state index is -0.340.